The van der Waals surface area contributed by atoms with E-state index < -0.39 is 10.5 Å². The van der Waals surface area contributed by atoms with Crippen LogP contribution in [0.1, 0.15) is 11.4 Å². The summed E-state index contributed by atoms with van der Waals surface area (Å²) in [5.74, 6) is 0.373. The molecular formula is C13H7Cl3N4O2S. The zero-order valence-electron chi connectivity index (χ0n) is 11.3. The third-order valence-electron chi connectivity index (χ3n) is 2.98. The van der Waals surface area contributed by atoms with Gasteiger partial charge in [0.25, 0.3) is 0 Å². The third kappa shape index (κ3) is 3.53. The molecule has 0 amide bonds. The molecule has 0 spiro atoms. The normalized spacial score (nSPS) is 11.1. The van der Waals surface area contributed by atoms with Crippen molar-refractivity contribution in [2.24, 2.45) is 0 Å². The molecule has 0 N–H and O–H groups in total. The van der Waals surface area contributed by atoms with Crippen LogP contribution < -0.4 is 0 Å². The zero-order chi connectivity index (χ0) is 16.6. The van der Waals surface area contributed by atoms with Gasteiger partial charge in [0.1, 0.15) is 5.01 Å². The second-order valence-corrected chi connectivity index (χ2v) is 6.79. The summed E-state index contributed by atoms with van der Waals surface area (Å²) >= 11 is 18.2. The predicted octanol–water partition coefficient (Wildman–Crippen LogP) is 3.12. The summed E-state index contributed by atoms with van der Waals surface area (Å²) in [6.07, 6.45) is 0.0111. The fourth-order valence-electron chi connectivity index (χ4n) is 1.98. The van der Waals surface area contributed by atoms with Crippen molar-refractivity contribution in [1.29, 1.82) is 0 Å². The van der Waals surface area contributed by atoms with Gasteiger partial charge >= 0.3 is 0 Å². The summed E-state index contributed by atoms with van der Waals surface area (Å²) < 4.78 is 1.48. The Morgan fingerprint density at radius 1 is 1.13 bits per heavy atom. The number of aromatic nitrogens is 4. The quantitative estimate of drug-likeness (QED) is 0.627. The van der Waals surface area contributed by atoms with Crippen molar-refractivity contribution in [3.63, 3.8) is 0 Å². The van der Waals surface area contributed by atoms with Crippen molar-refractivity contribution in [3.05, 3.63) is 34.6 Å². The highest BCUT2D eigenvalue weighted by Gasteiger charge is 2.15. The highest BCUT2D eigenvalue weighted by Crippen LogP contribution is 2.29. The number of hydrogen-bond donors (Lipinski definition) is 0. The van der Waals surface area contributed by atoms with Crippen LogP contribution in [0.3, 0.4) is 0 Å². The standard InChI is InChI=1S/C13H7Cl3N4O2S/c14-8-3-7(2-1-6(8)4-9(15)21)12-19-20-11(5-10(16)22)17-18-13(20)23-12/h1-3H,4-5H2. The van der Waals surface area contributed by atoms with E-state index in [4.69, 9.17) is 34.8 Å². The Morgan fingerprint density at radius 2 is 1.87 bits per heavy atom. The number of rotatable bonds is 5. The van der Waals surface area contributed by atoms with Crippen molar-refractivity contribution >= 4 is 61.6 Å². The molecular weight excluding hydrogens is 383 g/mol. The Bertz CT molecular complexity index is 921. The molecule has 0 saturated carbocycles. The minimum atomic E-state index is -0.535. The van der Waals surface area contributed by atoms with Crippen LogP contribution in [-0.4, -0.2) is 30.3 Å². The first kappa shape index (κ1) is 16.3. The van der Waals surface area contributed by atoms with Gasteiger partial charge in [-0.15, -0.1) is 10.2 Å². The molecule has 10 heteroatoms. The van der Waals surface area contributed by atoms with Gasteiger partial charge in [0.2, 0.25) is 15.4 Å². The van der Waals surface area contributed by atoms with Crippen LogP contribution in [0, 0.1) is 0 Å². The van der Waals surface area contributed by atoms with Crippen LogP contribution in [0.25, 0.3) is 15.5 Å². The van der Waals surface area contributed by atoms with Gasteiger partial charge in [0, 0.05) is 17.0 Å². The molecule has 1 aromatic carbocycles. The lowest BCUT2D eigenvalue weighted by Crippen LogP contribution is -2.01. The van der Waals surface area contributed by atoms with E-state index in [0.717, 1.165) is 5.56 Å². The second-order valence-electron chi connectivity index (χ2n) is 4.59. The Labute approximate surface area is 149 Å². The topological polar surface area (TPSA) is 77.2 Å². The van der Waals surface area contributed by atoms with E-state index in [2.05, 4.69) is 15.3 Å². The van der Waals surface area contributed by atoms with Crippen LogP contribution >= 0.6 is 46.1 Å². The van der Waals surface area contributed by atoms with Crippen LogP contribution in [-0.2, 0) is 22.4 Å². The summed E-state index contributed by atoms with van der Waals surface area (Å²) in [6.45, 7) is 0. The van der Waals surface area contributed by atoms with E-state index in [1.807, 2.05) is 0 Å². The maximum atomic E-state index is 11.0. The van der Waals surface area contributed by atoms with Gasteiger partial charge in [0.15, 0.2) is 5.82 Å². The van der Waals surface area contributed by atoms with Crippen molar-refractivity contribution in [3.8, 4) is 10.6 Å². The maximum absolute atomic E-state index is 11.0. The smallest absolute Gasteiger partial charge is 0.234 e. The molecule has 3 rings (SSSR count). The molecule has 0 aliphatic carbocycles. The summed E-state index contributed by atoms with van der Waals surface area (Å²) in [7, 11) is 0. The molecule has 2 aromatic heterocycles. The number of carbonyl (C=O) groups excluding carboxylic acids is 2. The molecule has 23 heavy (non-hydrogen) atoms. The lowest BCUT2D eigenvalue weighted by molar-refractivity contribution is -0.112. The molecule has 0 fully saturated rings. The van der Waals surface area contributed by atoms with Gasteiger partial charge in [-0.3, -0.25) is 9.59 Å². The Kier molecular flexibility index (Phi) is 4.63. The molecule has 0 atom stereocenters. The SMILES string of the molecule is O=C(Cl)Cc1ccc(-c2nn3c(CC(=O)Cl)nnc3s2)cc1Cl. The van der Waals surface area contributed by atoms with E-state index in [1.165, 1.54) is 15.9 Å². The Hall–Kier alpha value is -1.54. The van der Waals surface area contributed by atoms with E-state index >= 15 is 0 Å². The number of nitrogens with zero attached hydrogens (tertiary/aromatic N) is 4. The summed E-state index contributed by atoms with van der Waals surface area (Å²) in [5.41, 5.74) is 1.41. The molecule has 118 valence electrons. The molecule has 6 nitrogen and oxygen atoms in total. The molecule has 0 bridgehead atoms. The maximum Gasteiger partial charge on any atom is 0.234 e. The number of benzene rings is 1. The minimum absolute atomic E-state index is 0.0522. The van der Waals surface area contributed by atoms with Gasteiger partial charge in [0.05, 0.1) is 6.42 Å². The molecule has 0 radical (unpaired) electrons. The van der Waals surface area contributed by atoms with Crippen molar-refractivity contribution < 1.29 is 9.59 Å². The Balaban J connectivity index is 1.97. The highest BCUT2D eigenvalue weighted by molar-refractivity contribution is 7.19. The van der Waals surface area contributed by atoms with E-state index in [9.17, 15) is 9.59 Å². The first-order chi connectivity index (χ1) is 10.9. The first-order valence-corrected chi connectivity index (χ1v) is 8.25. The molecule has 0 aliphatic rings. The molecule has 0 saturated heterocycles. The number of halogens is 3. The highest BCUT2D eigenvalue weighted by atomic mass is 35.5. The summed E-state index contributed by atoms with van der Waals surface area (Å²) in [4.78, 5) is 22.5. The van der Waals surface area contributed by atoms with Crippen LogP contribution in [0.4, 0.5) is 0 Å². The fraction of sp³-hybridized carbons (Fsp3) is 0.154. The average Bonchev–Trinajstić information content (AvgIpc) is 3.02. The number of fused-ring (bicyclic) bond motifs is 1. The molecule has 2 heterocycles. The molecule has 0 unspecified atom stereocenters. The summed E-state index contributed by atoms with van der Waals surface area (Å²) in [5, 5.41) is 12.3. The monoisotopic (exact) mass is 388 g/mol. The van der Waals surface area contributed by atoms with Gasteiger partial charge in [-0.25, -0.2) is 0 Å². The van der Waals surface area contributed by atoms with E-state index in [0.29, 0.717) is 26.4 Å². The summed E-state index contributed by atoms with van der Waals surface area (Å²) in [6, 6.07) is 5.22. The van der Waals surface area contributed by atoms with Crippen LogP contribution in [0.15, 0.2) is 18.2 Å². The largest absolute Gasteiger partial charge is 0.281 e. The minimum Gasteiger partial charge on any atom is -0.281 e. The third-order valence-corrected chi connectivity index (χ3v) is 4.55. The fourth-order valence-corrected chi connectivity index (χ4v) is 3.35. The lowest BCUT2D eigenvalue weighted by atomic mass is 10.1. The van der Waals surface area contributed by atoms with E-state index in [-0.39, 0.29) is 12.8 Å². The van der Waals surface area contributed by atoms with E-state index in [1.54, 1.807) is 18.2 Å². The lowest BCUT2D eigenvalue weighted by Gasteiger charge is -2.03. The van der Waals surface area contributed by atoms with Crippen molar-refractivity contribution in [2.75, 3.05) is 0 Å². The van der Waals surface area contributed by atoms with Gasteiger partial charge in [-0.2, -0.15) is 9.61 Å². The van der Waals surface area contributed by atoms with Gasteiger partial charge < -0.3 is 0 Å². The van der Waals surface area contributed by atoms with Crippen LogP contribution in [0.2, 0.25) is 5.02 Å². The zero-order valence-corrected chi connectivity index (χ0v) is 14.4. The Morgan fingerprint density at radius 3 is 2.52 bits per heavy atom. The van der Waals surface area contributed by atoms with Crippen molar-refractivity contribution in [2.45, 2.75) is 12.8 Å². The van der Waals surface area contributed by atoms with Gasteiger partial charge in [-0.1, -0.05) is 35.1 Å². The van der Waals surface area contributed by atoms with Crippen LogP contribution in [0.5, 0.6) is 0 Å². The molecule has 0 aliphatic heterocycles. The first-order valence-electron chi connectivity index (χ1n) is 6.30. The predicted molar refractivity (Wildman–Crippen MR) is 88.2 cm³/mol. The average molecular weight is 390 g/mol. The number of hydrogen-bond acceptors (Lipinski definition) is 6. The number of carbonyl (C=O) groups is 2. The second kappa shape index (κ2) is 6.52. The molecule has 3 aromatic rings. The van der Waals surface area contributed by atoms with Gasteiger partial charge in [-0.05, 0) is 34.8 Å². The van der Waals surface area contributed by atoms with Crippen molar-refractivity contribution in [1.82, 2.24) is 19.8 Å².